The van der Waals surface area contributed by atoms with E-state index in [0.717, 1.165) is 24.1 Å². The van der Waals surface area contributed by atoms with Crippen molar-refractivity contribution in [1.82, 2.24) is 4.98 Å². The summed E-state index contributed by atoms with van der Waals surface area (Å²) in [6.07, 6.45) is 3.63. The first-order valence-corrected chi connectivity index (χ1v) is 6.89. The average Bonchev–Trinajstić information content (AvgIpc) is 2.71. The Morgan fingerprint density at radius 2 is 2.18 bits per heavy atom. The normalized spacial score (nSPS) is 17.4. The van der Waals surface area contributed by atoms with Crippen LogP contribution in [0, 0.1) is 12.8 Å². The summed E-state index contributed by atoms with van der Waals surface area (Å²) in [5.41, 5.74) is 0.634. The van der Waals surface area contributed by atoms with Gasteiger partial charge in [0.2, 0.25) is 0 Å². The van der Waals surface area contributed by atoms with Crippen molar-refractivity contribution in [3.63, 3.8) is 0 Å². The zero-order chi connectivity index (χ0) is 12.4. The van der Waals surface area contributed by atoms with Gasteiger partial charge in [-0.2, -0.15) is 0 Å². The number of hydrogen-bond donors (Lipinski definition) is 1. The summed E-state index contributed by atoms with van der Waals surface area (Å²) in [6, 6.07) is 0. The topological polar surface area (TPSA) is 53.4 Å². The molecule has 94 valence electrons. The highest BCUT2D eigenvalue weighted by atomic mass is 32.1. The molecule has 1 fully saturated rings. The summed E-state index contributed by atoms with van der Waals surface area (Å²) >= 11 is 1.30. The lowest BCUT2D eigenvalue weighted by atomic mass is 9.95. The van der Waals surface area contributed by atoms with Crippen LogP contribution in [-0.4, -0.2) is 29.1 Å². The fourth-order valence-electron chi connectivity index (χ4n) is 2.25. The van der Waals surface area contributed by atoms with Crippen LogP contribution in [0.5, 0.6) is 0 Å². The van der Waals surface area contributed by atoms with Crippen molar-refractivity contribution in [2.45, 2.75) is 33.1 Å². The Labute approximate surface area is 105 Å². The SMILES string of the molecule is CCC1CCN(c2nc(C)c(C(=O)O)s2)CC1. The Morgan fingerprint density at radius 3 is 2.65 bits per heavy atom. The molecular weight excluding hydrogens is 236 g/mol. The molecule has 1 aromatic rings. The largest absolute Gasteiger partial charge is 0.477 e. The molecule has 17 heavy (non-hydrogen) atoms. The average molecular weight is 254 g/mol. The predicted octanol–water partition coefficient (Wildman–Crippen LogP) is 2.78. The second-order valence-electron chi connectivity index (χ2n) is 4.55. The molecular formula is C12H18N2O2S. The lowest BCUT2D eigenvalue weighted by molar-refractivity contribution is 0.0701. The molecule has 0 amide bonds. The molecule has 0 saturated carbocycles. The van der Waals surface area contributed by atoms with Gasteiger partial charge in [-0.25, -0.2) is 9.78 Å². The minimum absolute atomic E-state index is 0.373. The smallest absolute Gasteiger partial charge is 0.347 e. The van der Waals surface area contributed by atoms with Crippen LogP contribution in [0.1, 0.15) is 41.6 Å². The summed E-state index contributed by atoms with van der Waals surface area (Å²) in [7, 11) is 0. The summed E-state index contributed by atoms with van der Waals surface area (Å²) in [5.74, 6) is -0.0408. The van der Waals surface area contributed by atoms with Crippen LogP contribution in [0.2, 0.25) is 0 Å². The molecule has 1 N–H and O–H groups in total. The number of piperidine rings is 1. The summed E-state index contributed by atoms with van der Waals surface area (Å²) < 4.78 is 0. The molecule has 0 bridgehead atoms. The van der Waals surface area contributed by atoms with E-state index in [-0.39, 0.29) is 0 Å². The zero-order valence-electron chi connectivity index (χ0n) is 10.3. The highest BCUT2D eigenvalue weighted by Crippen LogP contribution is 2.30. The van der Waals surface area contributed by atoms with Gasteiger partial charge in [0.25, 0.3) is 0 Å². The molecule has 1 aromatic heterocycles. The maximum atomic E-state index is 11.0. The van der Waals surface area contributed by atoms with E-state index in [1.807, 2.05) is 0 Å². The van der Waals surface area contributed by atoms with E-state index in [4.69, 9.17) is 5.11 Å². The van der Waals surface area contributed by atoms with Crippen molar-refractivity contribution in [3.8, 4) is 0 Å². The van der Waals surface area contributed by atoms with Gasteiger partial charge in [0.05, 0.1) is 5.69 Å². The summed E-state index contributed by atoms with van der Waals surface area (Å²) in [4.78, 5) is 17.9. The van der Waals surface area contributed by atoms with Crippen molar-refractivity contribution in [2.75, 3.05) is 18.0 Å². The summed E-state index contributed by atoms with van der Waals surface area (Å²) in [5, 5.41) is 9.88. The van der Waals surface area contributed by atoms with E-state index in [0.29, 0.717) is 10.6 Å². The number of nitrogens with zero attached hydrogens (tertiary/aromatic N) is 2. The van der Waals surface area contributed by atoms with Crippen LogP contribution in [0.4, 0.5) is 5.13 Å². The highest BCUT2D eigenvalue weighted by molar-refractivity contribution is 7.17. The monoisotopic (exact) mass is 254 g/mol. The maximum Gasteiger partial charge on any atom is 0.347 e. The van der Waals surface area contributed by atoms with Crippen LogP contribution in [-0.2, 0) is 0 Å². The molecule has 1 saturated heterocycles. The molecule has 2 rings (SSSR count). The minimum Gasteiger partial charge on any atom is -0.477 e. The number of aryl methyl sites for hydroxylation is 1. The van der Waals surface area contributed by atoms with Crippen molar-refractivity contribution in [1.29, 1.82) is 0 Å². The van der Waals surface area contributed by atoms with Crippen molar-refractivity contribution < 1.29 is 9.90 Å². The van der Waals surface area contributed by atoms with Gasteiger partial charge in [-0.1, -0.05) is 24.7 Å². The number of rotatable bonds is 3. The third-order valence-electron chi connectivity index (χ3n) is 3.44. The van der Waals surface area contributed by atoms with Gasteiger partial charge in [0, 0.05) is 13.1 Å². The number of aromatic carboxylic acids is 1. The van der Waals surface area contributed by atoms with Gasteiger partial charge >= 0.3 is 5.97 Å². The van der Waals surface area contributed by atoms with E-state index in [2.05, 4.69) is 16.8 Å². The highest BCUT2D eigenvalue weighted by Gasteiger charge is 2.22. The van der Waals surface area contributed by atoms with Crippen LogP contribution in [0.15, 0.2) is 0 Å². The van der Waals surface area contributed by atoms with Gasteiger partial charge in [-0.05, 0) is 25.7 Å². The fourth-order valence-corrected chi connectivity index (χ4v) is 3.21. The second kappa shape index (κ2) is 5.04. The number of carboxylic acids is 1. The van der Waals surface area contributed by atoms with Crippen LogP contribution < -0.4 is 4.90 Å². The lowest BCUT2D eigenvalue weighted by Gasteiger charge is -2.31. The Balaban J connectivity index is 2.08. The van der Waals surface area contributed by atoms with Gasteiger partial charge in [0.1, 0.15) is 4.88 Å². The molecule has 4 nitrogen and oxygen atoms in total. The number of carbonyl (C=O) groups is 1. The Morgan fingerprint density at radius 1 is 1.53 bits per heavy atom. The molecule has 2 heterocycles. The molecule has 5 heteroatoms. The van der Waals surface area contributed by atoms with Gasteiger partial charge in [0.15, 0.2) is 5.13 Å². The lowest BCUT2D eigenvalue weighted by Crippen LogP contribution is -2.33. The number of carboxylic acid groups (broad SMARTS) is 1. The van der Waals surface area contributed by atoms with E-state index >= 15 is 0 Å². The number of aromatic nitrogens is 1. The molecule has 0 unspecified atom stereocenters. The summed E-state index contributed by atoms with van der Waals surface area (Å²) in [6.45, 7) is 6.01. The van der Waals surface area contributed by atoms with E-state index < -0.39 is 5.97 Å². The minimum atomic E-state index is -0.866. The van der Waals surface area contributed by atoms with Crippen LogP contribution in [0.3, 0.4) is 0 Å². The molecule has 0 radical (unpaired) electrons. The van der Waals surface area contributed by atoms with Gasteiger partial charge in [-0.15, -0.1) is 0 Å². The number of hydrogen-bond acceptors (Lipinski definition) is 4. The Kier molecular flexibility index (Phi) is 3.66. The Bertz CT molecular complexity index is 409. The zero-order valence-corrected chi connectivity index (χ0v) is 11.1. The van der Waals surface area contributed by atoms with Crippen molar-refractivity contribution >= 4 is 22.4 Å². The first kappa shape index (κ1) is 12.4. The van der Waals surface area contributed by atoms with Crippen molar-refractivity contribution in [2.24, 2.45) is 5.92 Å². The quantitative estimate of drug-likeness (QED) is 0.901. The Hall–Kier alpha value is -1.10. The van der Waals surface area contributed by atoms with Crippen LogP contribution in [0.25, 0.3) is 0 Å². The number of anilines is 1. The molecule has 0 atom stereocenters. The molecule has 0 aromatic carbocycles. The first-order chi connectivity index (χ1) is 8.11. The predicted molar refractivity (Wildman–Crippen MR) is 69.0 cm³/mol. The van der Waals surface area contributed by atoms with E-state index in [1.165, 1.54) is 30.6 Å². The van der Waals surface area contributed by atoms with Crippen LogP contribution >= 0.6 is 11.3 Å². The molecule has 0 aliphatic carbocycles. The van der Waals surface area contributed by atoms with Gasteiger partial charge in [-0.3, -0.25) is 0 Å². The van der Waals surface area contributed by atoms with Crippen molar-refractivity contribution in [3.05, 3.63) is 10.6 Å². The molecule has 1 aliphatic heterocycles. The third kappa shape index (κ3) is 2.60. The number of thiazole rings is 1. The fraction of sp³-hybridized carbons (Fsp3) is 0.667. The maximum absolute atomic E-state index is 11.0. The van der Waals surface area contributed by atoms with Gasteiger partial charge < -0.3 is 10.0 Å². The molecule has 0 spiro atoms. The van der Waals surface area contributed by atoms with E-state index in [9.17, 15) is 4.79 Å². The molecule has 1 aliphatic rings. The van der Waals surface area contributed by atoms with E-state index in [1.54, 1.807) is 6.92 Å². The standard InChI is InChI=1S/C12H18N2O2S/c1-3-9-4-6-14(7-5-9)12-13-8(2)10(17-12)11(15)16/h9H,3-7H2,1-2H3,(H,15,16). The second-order valence-corrected chi connectivity index (χ2v) is 5.53. The first-order valence-electron chi connectivity index (χ1n) is 6.07. The third-order valence-corrected chi connectivity index (χ3v) is 4.65.